The highest BCUT2D eigenvalue weighted by atomic mass is 16.5. The van der Waals surface area contributed by atoms with Gasteiger partial charge in [-0.25, -0.2) is 0 Å². The second-order valence-electron chi connectivity index (χ2n) is 5.83. The molecule has 0 aromatic heterocycles. The first-order chi connectivity index (χ1) is 9.57. The molecular weight excluding hydrogens is 252 g/mol. The van der Waals surface area contributed by atoms with Crippen molar-refractivity contribution in [3.8, 4) is 0 Å². The largest absolute Gasteiger partial charge is 0.370 e. The molecule has 0 heterocycles. The molecule has 1 aliphatic carbocycles. The number of hydrogen-bond donors (Lipinski definition) is 2. The molecule has 1 amide bonds. The van der Waals surface area contributed by atoms with Crippen LogP contribution in [0.2, 0.25) is 0 Å². The van der Waals surface area contributed by atoms with Crippen LogP contribution in [0, 0.1) is 6.92 Å². The van der Waals surface area contributed by atoms with Gasteiger partial charge in [0, 0.05) is 11.2 Å². The Morgan fingerprint density at radius 2 is 1.90 bits per heavy atom. The summed E-state index contributed by atoms with van der Waals surface area (Å²) in [7, 11) is 0. The smallest absolute Gasteiger partial charge is 0.250 e. The van der Waals surface area contributed by atoms with Crippen molar-refractivity contribution >= 4 is 11.6 Å². The zero-order chi connectivity index (χ0) is 14.4. The maximum atomic E-state index is 11.8. The number of carbonyl (C=O) groups excluding carboxylic acids is 1. The van der Waals surface area contributed by atoms with Crippen LogP contribution in [-0.2, 0) is 9.53 Å². The topological polar surface area (TPSA) is 64.3 Å². The molecular formula is C16H24N2O2. The Kier molecular flexibility index (Phi) is 5.15. The van der Waals surface area contributed by atoms with Gasteiger partial charge in [-0.1, -0.05) is 37.0 Å². The van der Waals surface area contributed by atoms with E-state index in [2.05, 4.69) is 5.32 Å². The van der Waals surface area contributed by atoms with Crippen molar-refractivity contribution < 1.29 is 9.53 Å². The van der Waals surface area contributed by atoms with Crippen LogP contribution in [0.4, 0.5) is 5.69 Å². The maximum absolute atomic E-state index is 11.8. The van der Waals surface area contributed by atoms with Crippen molar-refractivity contribution in [2.24, 2.45) is 5.73 Å². The van der Waals surface area contributed by atoms with Gasteiger partial charge in [-0.15, -0.1) is 0 Å². The molecule has 1 aromatic carbocycles. The quantitative estimate of drug-likeness (QED) is 0.869. The third-order valence-electron chi connectivity index (χ3n) is 3.81. The van der Waals surface area contributed by atoms with Crippen LogP contribution in [0.15, 0.2) is 24.3 Å². The van der Waals surface area contributed by atoms with Crippen molar-refractivity contribution in [3.05, 3.63) is 29.8 Å². The number of aryl methyl sites for hydroxylation is 1. The highest BCUT2D eigenvalue weighted by Gasteiger charge is 2.27. The number of rotatable bonds is 5. The Bertz CT molecular complexity index is 436. The van der Waals surface area contributed by atoms with E-state index in [0.717, 1.165) is 31.4 Å². The Morgan fingerprint density at radius 1 is 1.25 bits per heavy atom. The fourth-order valence-corrected chi connectivity index (χ4v) is 2.58. The van der Waals surface area contributed by atoms with Crippen LogP contribution in [0.5, 0.6) is 0 Å². The van der Waals surface area contributed by atoms with Gasteiger partial charge in [0.25, 0.3) is 0 Å². The molecule has 4 heteroatoms. The number of nitrogens with two attached hydrogens (primary N) is 1. The number of nitrogens with one attached hydrogen (secondary N) is 1. The minimum absolute atomic E-state index is 0.0623. The molecule has 3 N–H and O–H groups in total. The summed E-state index contributed by atoms with van der Waals surface area (Å²) < 4.78 is 5.50. The molecule has 1 aromatic rings. The Morgan fingerprint density at radius 3 is 2.55 bits per heavy atom. The van der Waals surface area contributed by atoms with Gasteiger partial charge in [-0.2, -0.15) is 0 Å². The van der Waals surface area contributed by atoms with Crippen LogP contribution in [-0.4, -0.2) is 24.7 Å². The number of amides is 1. The van der Waals surface area contributed by atoms with Crippen molar-refractivity contribution in [1.82, 2.24) is 0 Å². The number of anilines is 1. The summed E-state index contributed by atoms with van der Waals surface area (Å²) in [5, 5.41) is 2.81. The number of hydrogen-bond acceptors (Lipinski definition) is 3. The molecule has 0 saturated heterocycles. The molecule has 2 rings (SSSR count). The molecule has 0 bridgehead atoms. The first-order valence-corrected chi connectivity index (χ1v) is 7.31. The van der Waals surface area contributed by atoms with Gasteiger partial charge in [0.05, 0.1) is 6.61 Å². The molecule has 110 valence electrons. The normalized spacial score (nSPS) is 17.7. The molecule has 0 spiro atoms. The van der Waals surface area contributed by atoms with Gasteiger partial charge >= 0.3 is 0 Å². The SMILES string of the molecule is Cc1ccc(NC(=O)COCC2(N)CCCCC2)cc1. The fourth-order valence-electron chi connectivity index (χ4n) is 2.58. The Hall–Kier alpha value is -1.39. The lowest BCUT2D eigenvalue weighted by molar-refractivity contribution is -0.121. The van der Waals surface area contributed by atoms with Crippen LogP contribution >= 0.6 is 0 Å². The summed E-state index contributed by atoms with van der Waals surface area (Å²) >= 11 is 0. The monoisotopic (exact) mass is 276 g/mol. The predicted octanol–water partition coefficient (Wildman–Crippen LogP) is 2.61. The molecule has 0 atom stereocenters. The van der Waals surface area contributed by atoms with Crippen LogP contribution in [0.25, 0.3) is 0 Å². The van der Waals surface area contributed by atoms with E-state index in [9.17, 15) is 4.79 Å². The minimum atomic E-state index is -0.234. The predicted molar refractivity (Wildman–Crippen MR) is 80.6 cm³/mol. The summed E-state index contributed by atoms with van der Waals surface area (Å²) in [6.45, 7) is 2.54. The first kappa shape index (κ1) is 15.0. The van der Waals surface area contributed by atoms with E-state index in [1.807, 2.05) is 31.2 Å². The van der Waals surface area contributed by atoms with Gasteiger partial charge in [0.1, 0.15) is 6.61 Å². The third kappa shape index (κ3) is 4.62. The number of carbonyl (C=O) groups is 1. The van der Waals surface area contributed by atoms with E-state index in [0.29, 0.717) is 6.61 Å². The van der Waals surface area contributed by atoms with Gasteiger partial charge in [-0.05, 0) is 31.9 Å². The molecule has 0 radical (unpaired) electrons. The van der Waals surface area contributed by atoms with E-state index in [-0.39, 0.29) is 18.1 Å². The molecule has 1 aliphatic rings. The summed E-state index contributed by atoms with van der Waals surface area (Å²) in [6.07, 6.45) is 5.57. The summed E-state index contributed by atoms with van der Waals surface area (Å²) in [6, 6.07) is 7.71. The maximum Gasteiger partial charge on any atom is 0.250 e. The fraction of sp³-hybridized carbons (Fsp3) is 0.562. The van der Waals surface area contributed by atoms with Gasteiger partial charge in [0.15, 0.2) is 0 Å². The Balaban J connectivity index is 1.71. The van der Waals surface area contributed by atoms with E-state index >= 15 is 0 Å². The summed E-state index contributed by atoms with van der Waals surface area (Å²) in [5.41, 5.74) is 7.99. The van der Waals surface area contributed by atoms with Crippen LogP contribution < -0.4 is 11.1 Å². The number of benzene rings is 1. The zero-order valence-electron chi connectivity index (χ0n) is 12.2. The van der Waals surface area contributed by atoms with Crippen LogP contribution in [0.3, 0.4) is 0 Å². The van der Waals surface area contributed by atoms with Crippen molar-refractivity contribution in [2.45, 2.75) is 44.6 Å². The Labute approximate surface area is 120 Å². The zero-order valence-corrected chi connectivity index (χ0v) is 12.2. The summed E-state index contributed by atoms with van der Waals surface area (Å²) in [5.74, 6) is -0.131. The highest BCUT2D eigenvalue weighted by Crippen LogP contribution is 2.25. The third-order valence-corrected chi connectivity index (χ3v) is 3.81. The van der Waals surface area contributed by atoms with E-state index in [1.54, 1.807) is 0 Å². The van der Waals surface area contributed by atoms with Crippen LogP contribution in [0.1, 0.15) is 37.7 Å². The average molecular weight is 276 g/mol. The molecule has 20 heavy (non-hydrogen) atoms. The lowest BCUT2D eigenvalue weighted by Crippen LogP contribution is -2.46. The molecule has 1 fully saturated rings. The van der Waals surface area contributed by atoms with Crippen molar-refractivity contribution in [1.29, 1.82) is 0 Å². The van der Waals surface area contributed by atoms with Gasteiger partial charge in [-0.3, -0.25) is 4.79 Å². The van der Waals surface area contributed by atoms with Gasteiger partial charge < -0.3 is 15.8 Å². The summed E-state index contributed by atoms with van der Waals surface area (Å²) in [4.78, 5) is 11.8. The second-order valence-corrected chi connectivity index (χ2v) is 5.83. The van der Waals surface area contributed by atoms with Crippen molar-refractivity contribution in [3.63, 3.8) is 0 Å². The number of ether oxygens (including phenoxy) is 1. The van der Waals surface area contributed by atoms with Crippen molar-refractivity contribution in [2.75, 3.05) is 18.5 Å². The standard InChI is InChI=1S/C16H24N2O2/c1-13-5-7-14(8-6-13)18-15(19)11-20-12-16(17)9-3-2-4-10-16/h5-8H,2-4,9-12,17H2,1H3,(H,18,19). The molecule has 4 nitrogen and oxygen atoms in total. The molecule has 0 aliphatic heterocycles. The first-order valence-electron chi connectivity index (χ1n) is 7.31. The van der Waals surface area contributed by atoms with E-state index < -0.39 is 0 Å². The molecule has 1 saturated carbocycles. The second kappa shape index (κ2) is 6.86. The lowest BCUT2D eigenvalue weighted by Gasteiger charge is -2.32. The van der Waals surface area contributed by atoms with Gasteiger partial charge in [0.2, 0.25) is 5.91 Å². The highest BCUT2D eigenvalue weighted by molar-refractivity contribution is 5.91. The lowest BCUT2D eigenvalue weighted by atomic mass is 9.83. The minimum Gasteiger partial charge on any atom is -0.370 e. The van der Waals surface area contributed by atoms with E-state index in [4.69, 9.17) is 10.5 Å². The average Bonchev–Trinajstić information content (AvgIpc) is 2.42. The van der Waals surface area contributed by atoms with E-state index in [1.165, 1.54) is 12.0 Å². The molecule has 0 unspecified atom stereocenters.